The molecule has 1 saturated heterocycles. The number of ether oxygens (including phenoxy) is 1. The van der Waals surface area contributed by atoms with Crippen LogP contribution >= 0.6 is 0 Å². The van der Waals surface area contributed by atoms with E-state index in [2.05, 4.69) is 13.8 Å². The highest BCUT2D eigenvalue weighted by Crippen LogP contribution is 2.44. The summed E-state index contributed by atoms with van der Waals surface area (Å²) in [6.45, 7) is 5.72. The summed E-state index contributed by atoms with van der Waals surface area (Å²) in [6.07, 6.45) is 6.79. The van der Waals surface area contributed by atoms with E-state index in [4.69, 9.17) is 4.74 Å². The van der Waals surface area contributed by atoms with E-state index in [0.29, 0.717) is 5.60 Å². The second-order valence-corrected chi connectivity index (χ2v) is 4.86. The minimum absolute atomic E-state index is 0.366. The molecule has 1 aliphatic carbocycles. The van der Waals surface area contributed by atoms with Gasteiger partial charge in [0.15, 0.2) is 0 Å². The van der Waals surface area contributed by atoms with Crippen molar-refractivity contribution in [1.29, 1.82) is 0 Å². The molecule has 1 heterocycles. The van der Waals surface area contributed by atoms with Gasteiger partial charge >= 0.3 is 0 Å². The largest absolute Gasteiger partial charge is 0.375 e. The highest BCUT2D eigenvalue weighted by atomic mass is 16.5. The van der Waals surface area contributed by atoms with Gasteiger partial charge in [-0.1, -0.05) is 13.8 Å². The first-order valence-corrected chi connectivity index (χ1v) is 5.36. The maximum absolute atomic E-state index is 5.69. The van der Waals surface area contributed by atoms with Gasteiger partial charge in [-0.05, 0) is 43.9 Å². The number of hydrogen-bond donors (Lipinski definition) is 0. The molecule has 2 rings (SSSR count). The van der Waals surface area contributed by atoms with Crippen molar-refractivity contribution in [2.24, 2.45) is 11.8 Å². The Morgan fingerprint density at radius 1 is 1.17 bits per heavy atom. The zero-order valence-corrected chi connectivity index (χ0v) is 8.31. The average molecular weight is 168 g/mol. The molecule has 1 heteroatoms. The third-order valence-electron chi connectivity index (χ3n) is 3.85. The van der Waals surface area contributed by atoms with E-state index in [1.807, 2.05) is 0 Å². The molecule has 1 aliphatic heterocycles. The number of rotatable bonds is 1. The van der Waals surface area contributed by atoms with Crippen molar-refractivity contribution in [2.75, 3.05) is 6.61 Å². The predicted octanol–water partition coefficient (Wildman–Crippen LogP) is 2.99. The van der Waals surface area contributed by atoms with Crippen LogP contribution in [-0.2, 0) is 4.74 Å². The number of hydrogen-bond acceptors (Lipinski definition) is 1. The summed E-state index contributed by atoms with van der Waals surface area (Å²) in [4.78, 5) is 0. The molecule has 0 N–H and O–H groups in total. The highest BCUT2D eigenvalue weighted by Gasteiger charge is 2.41. The minimum Gasteiger partial charge on any atom is -0.375 e. The van der Waals surface area contributed by atoms with Crippen LogP contribution in [0.5, 0.6) is 0 Å². The molecule has 1 spiro atoms. The standard InChI is InChI=1S/C11H20O/c1-9(2)10-3-5-11(6-4-10)7-8-12-11/h9-10H,3-8H2,1-2H3. The van der Waals surface area contributed by atoms with E-state index >= 15 is 0 Å². The van der Waals surface area contributed by atoms with Gasteiger partial charge in [-0.25, -0.2) is 0 Å². The van der Waals surface area contributed by atoms with E-state index in [1.165, 1.54) is 32.1 Å². The van der Waals surface area contributed by atoms with Crippen LogP contribution in [0.4, 0.5) is 0 Å². The fourth-order valence-electron chi connectivity index (χ4n) is 2.62. The Labute approximate surface area is 75.5 Å². The molecular weight excluding hydrogens is 148 g/mol. The molecule has 0 unspecified atom stereocenters. The molecule has 1 nitrogen and oxygen atoms in total. The van der Waals surface area contributed by atoms with Crippen molar-refractivity contribution >= 4 is 0 Å². The molecule has 1 saturated carbocycles. The van der Waals surface area contributed by atoms with Crippen LogP contribution in [0, 0.1) is 11.8 Å². The van der Waals surface area contributed by atoms with Crippen molar-refractivity contribution in [2.45, 2.75) is 51.6 Å². The smallest absolute Gasteiger partial charge is 0.0704 e. The molecule has 0 atom stereocenters. The van der Waals surface area contributed by atoms with Crippen LogP contribution in [0.1, 0.15) is 46.0 Å². The summed E-state index contributed by atoms with van der Waals surface area (Å²) in [6, 6.07) is 0. The Morgan fingerprint density at radius 2 is 1.75 bits per heavy atom. The lowest BCUT2D eigenvalue weighted by Gasteiger charge is -2.47. The topological polar surface area (TPSA) is 9.23 Å². The summed E-state index contributed by atoms with van der Waals surface area (Å²) in [5.41, 5.74) is 0.366. The molecule has 0 radical (unpaired) electrons. The van der Waals surface area contributed by atoms with Gasteiger partial charge in [-0.2, -0.15) is 0 Å². The van der Waals surface area contributed by atoms with Gasteiger partial charge in [0.1, 0.15) is 0 Å². The van der Waals surface area contributed by atoms with Gasteiger partial charge in [0.25, 0.3) is 0 Å². The van der Waals surface area contributed by atoms with Crippen LogP contribution in [0.15, 0.2) is 0 Å². The average Bonchev–Trinajstić information content (AvgIpc) is 2.02. The Morgan fingerprint density at radius 3 is 2.08 bits per heavy atom. The first-order chi connectivity index (χ1) is 5.72. The van der Waals surface area contributed by atoms with Gasteiger partial charge in [-0.15, -0.1) is 0 Å². The molecule has 2 fully saturated rings. The summed E-state index contributed by atoms with van der Waals surface area (Å²) in [5, 5.41) is 0. The first-order valence-electron chi connectivity index (χ1n) is 5.36. The molecule has 0 aromatic heterocycles. The van der Waals surface area contributed by atoms with E-state index in [1.54, 1.807) is 0 Å². The summed E-state index contributed by atoms with van der Waals surface area (Å²) >= 11 is 0. The molecule has 12 heavy (non-hydrogen) atoms. The maximum atomic E-state index is 5.69. The zero-order chi connectivity index (χ0) is 8.60. The zero-order valence-electron chi connectivity index (χ0n) is 8.31. The molecule has 70 valence electrons. The predicted molar refractivity (Wildman–Crippen MR) is 50.1 cm³/mol. The van der Waals surface area contributed by atoms with E-state index in [-0.39, 0.29) is 0 Å². The molecule has 0 aromatic carbocycles. The SMILES string of the molecule is CC(C)C1CCC2(CCO2)CC1. The fourth-order valence-corrected chi connectivity index (χ4v) is 2.62. The third kappa shape index (κ3) is 1.39. The third-order valence-corrected chi connectivity index (χ3v) is 3.85. The second kappa shape index (κ2) is 3.02. The lowest BCUT2D eigenvalue weighted by Crippen LogP contribution is -2.46. The van der Waals surface area contributed by atoms with Gasteiger partial charge in [-0.3, -0.25) is 0 Å². The van der Waals surface area contributed by atoms with Gasteiger partial charge in [0, 0.05) is 0 Å². The Hall–Kier alpha value is -0.0400. The molecular formula is C11H20O. The van der Waals surface area contributed by atoms with Crippen molar-refractivity contribution in [3.8, 4) is 0 Å². The van der Waals surface area contributed by atoms with Crippen LogP contribution in [0.3, 0.4) is 0 Å². The Balaban J connectivity index is 1.84. The van der Waals surface area contributed by atoms with Gasteiger partial charge < -0.3 is 4.74 Å². The van der Waals surface area contributed by atoms with Crippen LogP contribution in [0.25, 0.3) is 0 Å². The monoisotopic (exact) mass is 168 g/mol. The summed E-state index contributed by atoms with van der Waals surface area (Å²) < 4.78 is 5.69. The fraction of sp³-hybridized carbons (Fsp3) is 1.00. The van der Waals surface area contributed by atoms with Crippen molar-refractivity contribution in [1.82, 2.24) is 0 Å². The van der Waals surface area contributed by atoms with Gasteiger partial charge in [0.05, 0.1) is 12.2 Å². The Kier molecular flexibility index (Phi) is 2.16. The summed E-state index contributed by atoms with van der Waals surface area (Å²) in [5.74, 6) is 1.85. The lowest BCUT2D eigenvalue weighted by molar-refractivity contribution is -0.171. The van der Waals surface area contributed by atoms with Gasteiger partial charge in [0.2, 0.25) is 0 Å². The molecule has 2 aliphatic rings. The van der Waals surface area contributed by atoms with Crippen molar-refractivity contribution in [3.05, 3.63) is 0 Å². The minimum atomic E-state index is 0.366. The molecule has 0 aromatic rings. The molecule has 0 bridgehead atoms. The lowest BCUT2D eigenvalue weighted by atomic mass is 9.72. The van der Waals surface area contributed by atoms with E-state index in [0.717, 1.165) is 18.4 Å². The normalized spacial score (nSPS) is 41.8. The Bertz CT molecular complexity index is 148. The van der Waals surface area contributed by atoms with Crippen LogP contribution < -0.4 is 0 Å². The summed E-state index contributed by atoms with van der Waals surface area (Å²) in [7, 11) is 0. The van der Waals surface area contributed by atoms with E-state index < -0.39 is 0 Å². The second-order valence-electron chi connectivity index (χ2n) is 4.86. The van der Waals surface area contributed by atoms with Crippen LogP contribution in [0.2, 0.25) is 0 Å². The highest BCUT2D eigenvalue weighted by molar-refractivity contribution is 4.92. The van der Waals surface area contributed by atoms with Crippen molar-refractivity contribution < 1.29 is 4.74 Å². The quantitative estimate of drug-likeness (QED) is 0.585. The molecule has 0 amide bonds. The first kappa shape index (κ1) is 8.55. The van der Waals surface area contributed by atoms with E-state index in [9.17, 15) is 0 Å². The maximum Gasteiger partial charge on any atom is 0.0704 e. The van der Waals surface area contributed by atoms with Crippen molar-refractivity contribution in [3.63, 3.8) is 0 Å². The van der Waals surface area contributed by atoms with Crippen LogP contribution in [-0.4, -0.2) is 12.2 Å².